The first-order valence-electron chi connectivity index (χ1n) is 5.61. The van der Waals surface area contributed by atoms with E-state index in [1.165, 1.54) is 18.2 Å². The van der Waals surface area contributed by atoms with Crippen LogP contribution in [-0.4, -0.2) is 15.3 Å². The third kappa shape index (κ3) is 3.32. The number of benzene rings is 2. The van der Waals surface area contributed by atoms with E-state index in [-0.39, 0.29) is 17.9 Å². The van der Waals surface area contributed by atoms with Crippen LogP contribution < -0.4 is 0 Å². The van der Waals surface area contributed by atoms with E-state index in [1.807, 2.05) is 0 Å². The molecule has 3 nitrogen and oxygen atoms in total. The Hall–Kier alpha value is -1.42. The third-order valence-electron chi connectivity index (χ3n) is 2.80. The molecule has 0 aliphatic heterocycles. The first-order valence-corrected chi connectivity index (χ1v) is 6.37. The van der Waals surface area contributed by atoms with Gasteiger partial charge in [0.05, 0.1) is 6.10 Å². The molecule has 2 aromatic carbocycles. The van der Waals surface area contributed by atoms with E-state index in [1.54, 1.807) is 18.2 Å². The summed E-state index contributed by atoms with van der Waals surface area (Å²) in [5.74, 6) is -0.212. The summed E-state index contributed by atoms with van der Waals surface area (Å²) < 4.78 is 0. The van der Waals surface area contributed by atoms with Gasteiger partial charge in [-0.1, -0.05) is 29.3 Å². The molecule has 0 amide bonds. The van der Waals surface area contributed by atoms with Gasteiger partial charge < -0.3 is 15.3 Å². The first kappa shape index (κ1) is 14.0. The highest BCUT2D eigenvalue weighted by Crippen LogP contribution is 2.31. The van der Waals surface area contributed by atoms with Crippen molar-refractivity contribution in [1.29, 1.82) is 0 Å². The summed E-state index contributed by atoms with van der Waals surface area (Å²) in [7, 11) is 0. The van der Waals surface area contributed by atoms with Gasteiger partial charge in [-0.25, -0.2) is 0 Å². The fourth-order valence-corrected chi connectivity index (χ4v) is 2.30. The number of hydrogen-bond acceptors (Lipinski definition) is 3. The van der Waals surface area contributed by atoms with Crippen LogP contribution in [0, 0.1) is 0 Å². The molecule has 2 rings (SSSR count). The van der Waals surface area contributed by atoms with E-state index >= 15 is 0 Å². The average Bonchev–Trinajstić information content (AvgIpc) is 2.32. The molecule has 0 heterocycles. The second-order valence-electron chi connectivity index (χ2n) is 4.20. The Labute approximate surface area is 120 Å². The van der Waals surface area contributed by atoms with Gasteiger partial charge in [0, 0.05) is 28.1 Å². The first-order chi connectivity index (χ1) is 8.97. The van der Waals surface area contributed by atoms with Gasteiger partial charge in [-0.2, -0.15) is 0 Å². The molecule has 0 saturated heterocycles. The van der Waals surface area contributed by atoms with Crippen molar-refractivity contribution in [3.8, 4) is 11.5 Å². The van der Waals surface area contributed by atoms with Gasteiger partial charge in [0.1, 0.15) is 11.5 Å². The average molecular weight is 299 g/mol. The minimum atomic E-state index is -0.917. The fraction of sp³-hybridized carbons (Fsp3) is 0.143. The number of phenolic OH excluding ortho intramolecular Hbond substituents is 2. The quantitative estimate of drug-likeness (QED) is 0.810. The van der Waals surface area contributed by atoms with E-state index in [4.69, 9.17) is 23.2 Å². The Balaban J connectivity index is 2.23. The number of aliphatic hydroxyl groups is 1. The predicted molar refractivity (Wildman–Crippen MR) is 74.9 cm³/mol. The zero-order valence-electron chi connectivity index (χ0n) is 9.85. The number of hydrogen-bond donors (Lipinski definition) is 3. The zero-order chi connectivity index (χ0) is 14.0. The molecule has 0 bridgehead atoms. The summed E-state index contributed by atoms with van der Waals surface area (Å²) in [6.45, 7) is 0. The molecule has 0 aromatic heterocycles. The van der Waals surface area contributed by atoms with Crippen molar-refractivity contribution in [1.82, 2.24) is 0 Å². The van der Waals surface area contributed by atoms with Crippen molar-refractivity contribution in [2.75, 3.05) is 0 Å². The Bertz CT molecular complexity index is 599. The summed E-state index contributed by atoms with van der Waals surface area (Å²) in [6.07, 6.45) is -0.673. The van der Waals surface area contributed by atoms with Crippen molar-refractivity contribution in [3.05, 3.63) is 57.6 Å². The Morgan fingerprint density at radius 3 is 2.37 bits per heavy atom. The van der Waals surface area contributed by atoms with Gasteiger partial charge in [-0.05, 0) is 29.8 Å². The Morgan fingerprint density at radius 1 is 1.00 bits per heavy atom. The number of phenols is 2. The van der Waals surface area contributed by atoms with Crippen molar-refractivity contribution in [2.45, 2.75) is 12.5 Å². The smallest absolute Gasteiger partial charge is 0.125 e. The van der Waals surface area contributed by atoms with Gasteiger partial charge in [-0.15, -0.1) is 0 Å². The Kier molecular flexibility index (Phi) is 4.20. The monoisotopic (exact) mass is 298 g/mol. The molecule has 0 saturated carbocycles. The van der Waals surface area contributed by atoms with Crippen LogP contribution in [0.1, 0.15) is 17.2 Å². The molecule has 0 spiro atoms. The van der Waals surface area contributed by atoms with Gasteiger partial charge in [0.25, 0.3) is 0 Å². The number of aromatic hydroxyl groups is 2. The SMILES string of the molecule is Oc1ccc(C(O)Cc2ccc(Cl)cc2Cl)c(O)c1. The lowest BCUT2D eigenvalue weighted by molar-refractivity contribution is 0.174. The minimum absolute atomic E-state index is 0.0574. The maximum Gasteiger partial charge on any atom is 0.125 e. The van der Waals surface area contributed by atoms with E-state index in [0.717, 1.165) is 5.56 Å². The molecule has 3 N–H and O–H groups in total. The van der Waals surface area contributed by atoms with Gasteiger partial charge >= 0.3 is 0 Å². The largest absolute Gasteiger partial charge is 0.508 e. The number of rotatable bonds is 3. The molecule has 19 heavy (non-hydrogen) atoms. The lowest BCUT2D eigenvalue weighted by Crippen LogP contribution is -2.02. The number of aliphatic hydroxyl groups excluding tert-OH is 1. The third-order valence-corrected chi connectivity index (χ3v) is 3.39. The van der Waals surface area contributed by atoms with Crippen molar-refractivity contribution in [2.24, 2.45) is 0 Å². The van der Waals surface area contributed by atoms with Gasteiger partial charge in [0.15, 0.2) is 0 Å². The molecular weight excluding hydrogens is 287 g/mol. The molecule has 0 fully saturated rings. The maximum absolute atomic E-state index is 10.1. The van der Waals surface area contributed by atoms with Crippen LogP contribution in [0.25, 0.3) is 0 Å². The molecule has 0 radical (unpaired) electrons. The van der Waals surface area contributed by atoms with Crippen LogP contribution in [0.2, 0.25) is 10.0 Å². The predicted octanol–water partition coefficient (Wildman–Crippen LogP) is 3.68. The topological polar surface area (TPSA) is 60.7 Å². The Morgan fingerprint density at radius 2 is 1.74 bits per heavy atom. The highest BCUT2D eigenvalue weighted by Gasteiger charge is 2.15. The summed E-state index contributed by atoms with van der Waals surface area (Å²) in [6, 6.07) is 9.07. The second kappa shape index (κ2) is 5.70. The molecule has 1 unspecified atom stereocenters. The summed E-state index contributed by atoms with van der Waals surface area (Å²) >= 11 is 11.8. The van der Waals surface area contributed by atoms with E-state index in [2.05, 4.69) is 0 Å². The van der Waals surface area contributed by atoms with Crippen LogP contribution >= 0.6 is 23.2 Å². The van der Waals surface area contributed by atoms with Gasteiger partial charge in [-0.3, -0.25) is 0 Å². The second-order valence-corrected chi connectivity index (χ2v) is 5.04. The molecule has 0 aliphatic rings. The number of halogens is 2. The summed E-state index contributed by atoms with van der Waals surface area (Å²) in [4.78, 5) is 0. The lowest BCUT2D eigenvalue weighted by Gasteiger charge is -2.14. The fourth-order valence-electron chi connectivity index (χ4n) is 1.82. The van der Waals surface area contributed by atoms with Crippen molar-refractivity contribution >= 4 is 23.2 Å². The molecule has 0 aliphatic carbocycles. The highest BCUT2D eigenvalue weighted by atomic mass is 35.5. The summed E-state index contributed by atoms with van der Waals surface area (Å²) in [5.41, 5.74) is 1.06. The van der Waals surface area contributed by atoms with E-state index in [0.29, 0.717) is 15.6 Å². The van der Waals surface area contributed by atoms with Crippen LogP contribution in [-0.2, 0) is 6.42 Å². The standard InChI is InChI=1S/C14H12Cl2O3/c15-9-2-1-8(12(16)6-9)5-13(18)11-4-3-10(17)7-14(11)19/h1-4,6-7,13,17-19H,5H2. The van der Waals surface area contributed by atoms with E-state index in [9.17, 15) is 15.3 Å². The van der Waals surface area contributed by atoms with Crippen LogP contribution in [0.3, 0.4) is 0 Å². The minimum Gasteiger partial charge on any atom is -0.508 e. The summed E-state index contributed by atoms with van der Waals surface area (Å²) in [5, 5.41) is 30.0. The normalized spacial score (nSPS) is 12.4. The van der Waals surface area contributed by atoms with Crippen molar-refractivity contribution < 1.29 is 15.3 Å². The van der Waals surface area contributed by atoms with Crippen molar-refractivity contribution in [3.63, 3.8) is 0 Å². The van der Waals surface area contributed by atoms with E-state index < -0.39 is 6.10 Å². The lowest BCUT2D eigenvalue weighted by atomic mass is 10.0. The maximum atomic E-state index is 10.1. The zero-order valence-corrected chi connectivity index (χ0v) is 11.4. The highest BCUT2D eigenvalue weighted by molar-refractivity contribution is 6.35. The van der Waals surface area contributed by atoms with Crippen LogP contribution in [0.15, 0.2) is 36.4 Å². The van der Waals surface area contributed by atoms with Crippen LogP contribution in [0.4, 0.5) is 0 Å². The van der Waals surface area contributed by atoms with Gasteiger partial charge in [0.2, 0.25) is 0 Å². The molecule has 2 aromatic rings. The molecule has 1 atom stereocenters. The van der Waals surface area contributed by atoms with Crippen LogP contribution in [0.5, 0.6) is 11.5 Å². The molecule has 5 heteroatoms. The molecule has 100 valence electrons. The molecular formula is C14H12Cl2O3.